The Hall–Kier alpha value is -2.40. The lowest BCUT2D eigenvalue weighted by Crippen LogP contribution is -2.28. The molecule has 0 aliphatic rings. The van der Waals surface area contributed by atoms with Gasteiger partial charge < -0.3 is 15.4 Å². The van der Waals surface area contributed by atoms with Crippen LogP contribution in [0.3, 0.4) is 0 Å². The molecule has 0 aliphatic carbocycles. The van der Waals surface area contributed by atoms with E-state index in [-0.39, 0.29) is 5.97 Å². The van der Waals surface area contributed by atoms with E-state index in [4.69, 9.17) is 17.0 Å². The zero-order chi connectivity index (χ0) is 16.7. The van der Waals surface area contributed by atoms with E-state index >= 15 is 0 Å². The second-order valence-corrected chi connectivity index (χ2v) is 5.45. The van der Waals surface area contributed by atoms with Gasteiger partial charge in [0, 0.05) is 12.2 Å². The normalized spacial score (nSPS) is 10.0. The summed E-state index contributed by atoms with van der Waals surface area (Å²) in [4.78, 5) is 11.8. The summed E-state index contributed by atoms with van der Waals surface area (Å²) in [6.07, 6.45) is 0. The Morgan fingerprint density at radius 1 is 1.17 bits per heavy atom. The molecule has 2 aromatic rings. The summed E-state index contributed by atoms with van der Waals surface area (Å²) in [6.45, 7) is 4.74. The van der Waals surface area contributed by atoms with E-state index in [1.165, 1.54) is 0 Å². The topological polar surface area (TPSA) is 50.4 Å². The molecule has 0 aromatic heterocycles. The van der Waals surface area contributed by atoms with Crippen molar-refractivity contribution in [3.63, 3.8) is 0 Å². The van der Waals surface area contributed by atoms with Gasteiger partial charge in [0.05, 0.1) is 12.2 Å². The van der Waals surface area contributed by atoms with E-state index in [9.17, 15) is 4.79 Å². The molecule has 0 amide bonds. The van der Waals surface area contributed by atoms with Crippen molar-refractivity contribution in [2.24, 2.45) is 0 Å². The van der Waals surface area contributed by atoms with E-state index in [0.29, 0.717) is 23.8 Å². The van der Waals surface area contributed by atoms with Gasteiger partial charge in [-0.1, -0.05) is 36.4 Å². The number of esters is 1. The van der Waals surface area contributed by atoms with Crippen molar-refractivity contribution >= 4 is 29.0 Å². The molecule has 0 heterocycles. The number of rotatable bonds is 5. The van der Waals surface area contributed by atoms with Crippen LogP contribution < -0.4 is 10.6 Å². The fourth-order valence-corrected chi connectivity index (χ4v) is 2.22. The summed E-state index contributed by atoms with van der Waals surface area (Å²) in [5, 5.41) is 6.80. The molecule has 23 heavy (non-hydrogen) atoms. The molecule has 5 heteroatoms. The highest BCUT2D eigenvalue weighted by Gasteiger charge is 2.09. The lowest BCUT2D eigenvalue weighted by molar-refractivity contribution is 0.0526. The summed E-state index contributed by atoms with van der Waals surface area (Å²) in [7, 11) is 0. The smallest absolute Gasteiger partial charge is 0.338 e. The number of thiocarbonyl (C=S) groups is 1. The Morgan fingerprint density at radius 2 is 1.91 bits per heavy atom. The van der Waals surface area contributed by atoms with Crippen LogP contribution in [-0.2, 0) is 11.3 Å². The highest BCUT2D eigenvalue weighted by molar-refractivity contribution is 7.80. The van der Waals surface area contributed by atoms with Gasteiger partial charge in [0.1, 0.15) is 0 Å². The van der Waals surface area contributed by atoms with Crippen LogP contribution in [0.2, 0.25) is 0 Å². The minimum Gasteiger partial charge on any atom is -0.462 e. The summed E-state index contributed by atoms with van der Waals surface area (Å²) >= 11 is 5.32. The van der Waals surface area contributed by atoms with Gasteiger partial charge >= 0.3 is 5.97 Å². The number of hydrogen-bond donors (Lipinski definition) is 2. The lowest BCUT2D eigenvalue weighted by atomic mass is 10.1. The van der Waals surface area contributed by atoms with Crippen LogP contribution in [0.25, 0.3) is 0 Å². The van der Waals surface area contributed by atoms with E-state index in [1.54, 1.807) is 19.1 Å². The van der Waals surface area contributed by atoms with Crippen molar-refractivity contribution in [3.8, 4) is 0 Å². The Morgan fingerprint density at radius 3 is 2.61 bits per heavy atom. The van der Waals surface area contributed by atoms with Crippen molar-refractivity contribution in [2.75, 3.05) is 11.9 Å². The van der Waals surface area contributed by atoms with Crippen LogP contribution in [0.1, 0.15) is 28.4 Å². The van der Waals surface area contributed by atoms with Crippen LogP contribution in [-0.4, -0.2) is 17.7 Å². The third kappa shape index (κ3) is 5.07. The first-order chi connectivity index (χ1) is 11.1. The second kappa shape index (κ2) is 8.29. The van der Waals surface area contributed by atoms with Gasteiger partial charge in [-0.2, -0.15) is 0 Å². The van der Waals surface area contributed by atoms with Crippen LogP contribution in [0, 0.1) is 6.92 Å². The molecule has 0 bridgehead atoms. The number of ether oxygens (including phenoxy) is 1. The highest BCUT2D eigenvalue weighted by atomic mass is 32.1. The molecule has 2 aromatic carbocycles. The fraction of sp³-hybridized carbons (Fsp3) is 0.222. The average Bonchev–Trinajstić information content (AvgIpc) is 2.56. The fourth-order valence-electron chi connectivity index (χ4n) is 2.04. The van der Waals surface area contributed by atoms with Gasteiger partial charge in [0.15, 0.2) is 5.11 Å². The van der Waals surface area contributed by atoms with Gasteiger partial charge in [-0.3, -0.25) is 0 Å². The number of nitrogens with one attached hydrogen (secondary N) is 2. The maximum atomic E-state index is 11.8. The van der Waals surface area contributed by atoms with E-state index in [2.05, 4.69) is 10.6 Å². The summed E-state index contributed by atoms with van der Waals surface area (Å²) in [5.41, 5.74) is 3.45. The third-order valence-corrected chi connectivity index (χ3v) is 3.54. The first kappa shape index (κ1) is 17.0. The van der Waals surface area contributed by atoms with Crippen LogP contribution >= 0.6 is 12.2 Å². The Kier molecular flexibility index (Phi) is 6.11. The number of hydrogen-bond acceptors (Lipinski definition) is 3. The minimum atomic E-state index is -0.335. The second-order valence-electron chi connectivity index (χ2n) is 5.04. The molecule has 0 spiro atoms. The highest BCUT2D eigenvalue weighted by Crippen LogP contribution is 2.17. The predicted octanol–water partition coefficient (Wildman–Crippen LogP) is 3.66. The third-order valence-electron chi connectivity index (χ3n) is 3.29. The standard InChI is InChI=1S/C18H20N2O2S/c1-3-22-17(21)15-10-9-13(2)16(11-15)20-18(23)19-12-14-7-5-4-6-8-14/h4-11H,3,12H2,1-2H3,(H2,19,20,23). The number of anilines is 1. The zero-order valence-electron chi connectivity index (χ0n) is 13.3. The molecular formula is C18H20N2O2S. The first-order valence-corrected chi connectivity index (χ1v) is 7.87. The largest absolute Gasteiger partial charge is 0.462 e. The predicted molar refractivity (Wildman–Crippen MR) is 96.6 cm³/mol. The van der Waals surface area contributed by atoms with Gasteiger partial charge in [-0.05, 0) is 49.3 Å². The quantitative estimate of drug-likeness (QED) is 0.648. The molecule has 0 radical (unpaired) electrons. The van der Waals surface area contributed by atoms with Crippen molar-refractivity contribution in [1.82, 2.24) is 5.32 Å². The Bertz CT molecular complexity index is 687. The molecule has 0 fully saturated rings. The van der Waals surface area contributed by atoms with Crippen molar-refractivity contribution in [1.29, 1.82) is 0 Å². The Balaban J connectivity index is 1.99. The van der Waals surface area contributed by atoms with E-state index in [0.717, 1.165) is 16.8 Å². The van der Waals surface area contributed by atoms with Crippen molar-refractivity contribution in [2.45, 2.75) is 20.4 Å². The summed E-state index contributed by atoms with van der Waals surface area (Å²) in [5.74, 6) is -0.335. The zero-order valence-corrected chi connectivity index (χ0v) is 14.1. The van der Waals surface area contributed by atoms with Crippen LogP contribution in [0.15, 0.2) is 48.5 Å². The van der Waals surface area contributed by atoms with Crippen molar-refractivity contribution < 1.29 is 9.53 Å². The van der Waals surface area contributed by atoms with Gasteiger partial charge in [0.25, 0.3) is 0 Å². The van der Waals surface area contributed by atoms with Gasteiger partial charge in [0.2, 0.25) is 0 Å². The van der Waals surface area contributed by atoms with E-state index in [1.807, 2.05) is 43.3 Å². The molecule has 120 valence electrons. The molecule has 2 N–H and O–H groups in total. The Labute approximate surface area is 141 Å². The number of aryl methyl sites for hydroxylation is 1. The number of benzene rings is 2. The maximum Gasteiger partial charge on any atom is 0.338 e. The number of carbonyl (C=O) groups is 1. The summed E-state index contributed by atoms with van der Waals surface area (Å²) in [6, 6.07) is 15.4. The molecule has 0 atom stereocenters. The molecular weight excluding hydrogens is 308 g/mol. The SMILES string of the molecule is CCOC(=O)c1ccc(C)c(NC(=S)NCc2ccccc2)c1. The first-order valence-electron chi connectivity index (χ1n) is 7.46. The minimum absolute atomic E-state index is 0.335. The van der Waals surface area contributed by atoms with Crippen LogP contribution in [0.5, 0.6) is 0 Å². The molecule has 0 saturated carbocycles. The number of carbonyl (C=O) groups excluding carboxylic acids is 1. The van der Waals surface area contributed by atoms with E-state index < -0.39 is 0 Å². The average molecular weight is 328 g/mol. The maximum absolute atomic E-state index is 11.8. The molecule has 2 rings (SSSR count). The van der Waals surface area contributed by atoms with Crippen LogP contribution in [0.4, 0.5) is 5.69 Å². The molecule has 0 aliphatic heterocycles. The summed E-state index contributed by atoms with van der Waals surface area (Å²) < 4.78 is 5.02. The lowest BCUT2D eigenvalue weighted by Gasteiger charge is -2.13. The molecule has 4 nitrogen and oxygen atoms in total. The monoisotopic (exact) mass is 328 g/mol. The molecule has 0 saturated heterocycles. The van der Waals surface area contributed by atoms with Crippen molar-refractivity contribution in [3.05, 3.63) is 65.2 Å². The van der Waals surface area contributed by atoms with Gasteiger partial charge in [-0.25, -0.2) is 4.79 Å². The molecule has 0 unspecified atom stereocenters. The van der Waals surface area contributed by atoms with Gasteiger partial charge in [-0.15, -0.1) is 0 Å².